The normalized spacial score (nSPS) is 16.6. The summed E-state index contributed by atoms with van der Waals surface area (Å²) in [7, 11) is 3.24. The van der Waals surface area contributed by atoms with Gasteiger partial charge in [0, 0.05) is 22.2 Å². The number of hydrogen-bond donors (Lipinski definition) is 2. The quantitative estimate of drug-likeness (QED) is 0.305. The number of carbonyl (C=O) groups excluding carboxylic acids is 1. The number of nitrogens with one attached hydrogen (secondary N) is 2. The summed E-state index contributed by atoms with van der Waals surface area (Å²) in [6, 6.07) is 22.8. The first kappa shape index (κ1) is 24.4. The first-order chi connectivity index (χ1) is 18.1. The summed E-state index contributed by atoms with van der Waals surface area (Å²) in [4.78, 5) is 17.3. The monoisotopic (exact) mass is 515 g/mol. The summed E-state index contributed by atoms with van der Waals surface area (Å²) < 4.78 is 12.8. The molecule has 0 saturated carbocycles. The zero-order valence-corrected chi connectivity index (χ0v) is 21.1. The topological polar surface area (TPSA) is 90.3 Å². The highest BCUT2D eigenvalue weighted by Crippen LogP contribution is 2.41. The highest BCUT2D eigenvalue weighted by Gasteiger charge is 2.32. The molecule has 2 heterocycles. The number of aromatic nitrogens is 3. The largest absolute Gasteiger partial charge is 0.496 e. The lowest BCUT2D eigenvalue weighted by atomic mass is 9.93. The van der Waals surface area contributed by atoms with Crippen LogP contribution < -0.4 is 20.1 Å². The summed E-state index contributed by atoms with van der Waals surface area (Å²) in [5.74, 6) is 1.84. The van der Waals surface area contributed by atoms with Crippen molar-refractivity contribution < 1.29 is 14.3 Å². The summed E-state index contributed by atoms with van der Waals surface area (Å²) >= 11 is 6.11. The van der Waals surface area contributed by atoms with E-state index in [2.05, 4.69) is 20.7 Å². The molecule has 2 N–H and O–H groups in total. The van der Waals surface area contributed by atoms with Crippen molar-refractivity contribution in [2.24, 2.45) is 0 Å². The first-order valence-corrected chi connectivity index (χ1v) is 12.2. The van der Waals surface area contributed by atoms with E-state index in [0.717, 1.165) is 22.4 Å². The van der Waals surface area contributed by atoms with Crippen LogP contribution in [0.25, 0.3) is 6.08 Å². The van der Waals surface area contributed by atoms with Gasteiger partial charge in [-0.2, -0.15) is 4.98 Å². The second-order valence-electron chi connectivity index (χ2n) is 8.51. The third-order valence-corrected chi connectivity index (χ3v) is 6.50. The number of methoxy groups -OCH3 is 2. The van der Waals surface area contributed by atoms with Crippen LogP contribution in [0.5, 0.6) is 11.5 Å². The van der Waals surface area contributed by atoms with E-state index >= 15 is 0 Å². The maximum Gasteiger partial charge on any atom is 0.250 e. The standard InChI is InChI=1S/C28H26ClN5O3/c1-36-24-9-5-3-7-19(24)13-16-26(35)31-27-32-28-30-22(18-11-14-20(29)15-12-18)17-23(34(28)33-27)21-8-4-6-10-25(21)37-2/h3-16,22-23H,17H2,1-2H3,(H2,30,31,32,33,35)/b16-13+/t22-,23-/m0/s1. The molecule has 0 radical (unpaired) electrons. The van der Waals surface area contributed by atoms with E-state index in [4.69, 9.17) is 21.1 Å². The molecule has 1 aromatic heterocycles. The Bertz CT molecular complexity index is 1430. The number of benzene rings is 3. The predicted octanol–water partition coefficient (Wildman–Crippen LogP) is 5.75. The molecule has 0 bridgehead atoms. The molecule has 4 aromatic rings. The van der Waals surface area contributed by atoms with E-state index in [1.807, 2.05) is 72.8 Å². The number of rotatable bonds is 7. The first-order valence-electron chi connectivity index (χ1n) is 11.8. The molecular weight excluding hydrogens is 490 g/mol. The Morgan fingerprint density at radius 1 is 1.03 bits per heavy atom. The smallest absolute Gasteiger partial charge is 0.250 e. The molecule has 0 fully saturated rings. The molecule has 2 atom stereocenters. The Hall–Kier alpha value is -4.30. The Kier molecular flexibility index (Phi) is 7.09. The van der Waals surface area contributed by atoms with Crippen molar-refractivity contribution in [1.29, 1.82) is 0 Å². The molecule has 5 rings (SSSR count). The molecule has 0 spiro atoms. The zero-order valence-electron chi connectivity index (χ0n) is 20.4. The molecule has 37 heavy (non-hydrogen) atoms. The Morgan fingerprint density at radius 2 is 1.73 bits per heavy atom. The third kappa shape index (κ3) is 5.29. The van der Waals surface area contributed by atoms with E-state index in [9.17, 15) is 4.79 Å². The van der Waals surface area contributed by atoms with Gasteiger partial charge < -0.3 is 14.8 Å². The molecule has 8 nitrogen and oxygen atoms in total. The van der Waals surface area contributed by atoms with Crippen molar-refractivity contribution >= 4 is 35.5 Å². The molecule has 3 aromatic carbocycles. The minimum Gasteiger partial charge on any atom is -0.496 e. The van der Waals surface area contributed by atoms with Crippen LogP contribution in [0.2, 0.25) is 5.02 Å². The summed E-state index contributed by atoms with van der Waals surface area (Å²) in [5.41, 5.74) is 2.84. The van der Waals surface area contributed by atoms with Crippen molar-refractivity contribution in [2.75, 3.05) is 24.9 Å². The number of halogens is 1. The maximum absolute atomic E-state index is 12.7. The summed E-state index contributed by atoms with van der Waals surface area (Å²) in [6.07, 6.45) is 3.82. The Labute approximate surface area is 219 Å². The van der Waals surface area contributed by atoms with Crippen LogP contribution in [-0.2, 0) is 4.79 Å². The van der Waals surface area contributed by atoms with Crippen LogP contribution in [0, 0.1) is 0 Å². The second-order valence-corrected chi connectivity index (χ2v) is 8.95. The van der Waals surface area contributed by atoms with Gasteiger partial charge in [0.15, 0.2) is 0 Å². The van der Waals surface area contributed by atoms with E-state index in [0.29, 0.717) is 23.1 Å². The van der Waals surface area contributed by atoms with Crippen molar-refractivity contribution in [3.8, 4) is 11.5 Å². The lowest BCUT2D eigenvalue weighted by molar-refractivity contribution is -0.111. The fourth-order valence-electron chi connectivity index (χ4n) is 4.47. The average molecular weight is 516 g/mol. The predicted molar refractivity (Wildman–Crippen MR) is 144 cm³/mol. The average Bonchev–Trinajstić information content (AvgIpc) is 3.34. The number of fused-ring (bicyclic) bond motifs is 1. The summed E-state index contributed by atoms with van der Waals surface area (Å²) in [6.45, 7) is 0. The number of ether oxygens (including phenoxy) is 2. The molecule has 9 heteroatoms. The van der Waals surface area contributed by atoms with E-state index in [-0.39, 0.29) is 23.9 Å². The molecule has 1 amide bonds. The number of anilines is 2. The number of carbonyl (C=O) groups is 1. The molecule has 188 valence electrons. The Morgan fingerprint density at radius 3 is 2.49 bits per heavy atom. The van der Waals surface area contributed by atoms with Gasteiger partial charge >= 0.3 is 0 Å². The molecule has 0 aliphatic carbocycles. The highest BCUT2D eigenvalue weighted by atomic mass is 35.5. The van der Waals surface area contributed by atoms with Gasteiger partial charge in [-0.3, -0.25) is 10.1 Å². The molecule has 0 saturated heterocycles. The van der Waals surface area contributed by atoms with Crippen LogP contribution in [0.15, 0.2) is 78.9 Å². The molecule has 1 aliphatic heterocycles. The van der Waals surface area contributed by atoms with Crippen molar-refractivity contribution in [2.45, 2.75) is 18.5 Å². The van der Waals surface area contributed by atoms with Gasteiger partial charge in [0.1, 0.15) is 11.5 Å². The molecule has 0 unspecified atom stereocenters. The third-order valence-electron chi connectivity index (χ3n) is 6.25. The maximum atomic E-state index is 12.7. The van der Waals surface area contributed by atoms with Crippen LogP contribution in [0.1, 0.15) is 35.2 Å². The van der Waals surface area contributed by atoms with Crippen molar-refractivity contribution in [3.63, 3.8) is 0 Å². The van der Waals surface area contributed by atoms with Crippen molar-refractivity contribution in [1.82, 2.24) is 14.8 Å². The van der Waals surface area contributed by atoms with Gasteiger partial charge in [-0.15, -0.1) is 5.10 Å². The van der Waals surface area contributed by atoms with Crippen LogP contribution in [0.4, 0.5) is 11.9 Å². The minimum atomic E-state index is -0.350. The number of amides is 1. The molecular formula is C28H26ClN5O3. The van der Waals surface area contributed by atoms with Crippen LogP contribution >= 0.6 is 11.6 Å². The van der Waals surface area contributed by atoms with Crippen LogP contribution in [0.3, 0.4) is 0 Å². The Balaban J connectivity index is 1.44. The van der Waals surface area contributed by atoms with E-state index in [1.165, 1.54) is 6.08 Å². The van der Waals surface area contributed by atoms with Gasteiger partial charge in [0.25, 0.3) is 11.9 Å². The van der Waals surface area contributed by atoms with E-state index in [1.54, 1.807) is 25.0 Å². The van der Waals surface area contributed by atoms with Gasteiger partial charge in [-0.25, -0.2) is 4.68 Å². The number of hydrogen-bond acceptors (Lipinski definition) is 6. The SMILES string of the molecule is COc1ccccc1/C=C/C(=O)Nc1nc2n(n1)[C@H](c1ccccc1OC)C[C@@H](c1ccc(Cl)cc1)N2. The molecule has 1 aliphatic rings. The van der Waals surface area contributed by atoms with Gasteiger partial charge in [-0.1, -0.05) is 60.1 Å². The van der Waals surface area contributed by atoms with Crippen LogP contribution in [-0.4, -0.2) is 34.9 Å². The second kappa shape index (κ2) is 10.8. The zero-order chi connectivity index (χ0) is 25.8. The van der Waals surface area contributed by atoms with Gasteiger partial charge in [-0.05, 0) is 42.3 Å². The van der Waals surface area contributed by atoms with Crippen molar-refractivity contribution in [3.05, 3.63) is 101 Å². The fraction of sp³-hybridized carbons (Fsp3) is 0.179. The highest BCUT2D eigenvalue weighted by molar-refractivity contribution is 6.30. The lowest BCUT2D eigenvalue weighted by Gasteiger charge is -2.32. The fourth-order valence-corrected chi connectivity index (χ4v) is 4.59. The van der Waals surface area contributed by atoms with Gasteiger partial charge in [0.2, 0.25) is 5.95 Å². The summed E-state index contributed by atoms with van der Waals surface area (Å²) in [5, 5.41) is 11.5. The van der Waals surface area contributed by atoms with E-state index < -0.39 is 0 Å². The minimum absolute atomic E-state index is 0.0436. The number of para-hydroxylation sites is 2. The number of nitrogens with zero attached hydrogens (tertiary/aromatic N) is 3. The lowest BCUT2D eigenvalue weighted by Crippen LogP contribution is -2.28. The van der Waals surface area contributed by atoms with Gasteiger partial charge in [0.05, 0.1) is 26.3 Å².